The largest absolute Gasteiger partial charge is 0.468 e. The number of nitrogens with one attached hydrogen (secondary N) is 1. The molecular weight excluding hydrogens is 362 g/mol. The Labute approximate surface area is 163 Å². The van der Waals surface area contributed by atoms with Crippen molar-refractivity contribution in [3.8, 4) is 0 Å². The van der Waals surface area contributed by atoms with E-state index in [1.807, 2.05) is 19.1 Å². The molecule has 1 aromatic carbocycles. The quantitative estimate of drug-likeness (QED) is 0.586. The van der Waals surface area contributed by atoms with Crippen molar-refractivity contribution in [3.63, 3.8) is 0 Å². The Morgan fingerprint density at radius 1 is 1.21 bits per heavy atom. The molecule has 8 nitrogen and oxygen atoms in total. The van der Waals surface area contributed by atoms with Gasteiger partial charge >= 0.3 is 5.97 Å². The van der Waals surface area contributed by atoms with Crippen molar-refractivity contribution in [3.05, 3.63) is 35.4 Å². The maximum atomic E-state index is 12.7. The summed E-state index contributed by atoms with van der Waals surface area (Å²) in [5.41, 5.74) is 0.255. The molecule has 3 amide bonds. The fourth-order valence-electron chi connectivity index (χ4n) is 4.26. The van der Waals surface area contributed by atoms with Crippen LogP contribution in [0.3, 0.4) is 0 Å². The van der Waals surface area contributed by atoms with Gasteiger partial charge < -0.3 is 9.64 Å². The number of aryl methyl sites for hydroxylation is 1. The van der Waals surface area contributed by atoms with Gasteiger partial charge in [0.05, 0.1) is 18.9 Å². The van der Waals surface area contributed by atoms with E-state index >= 15 is 0 Å². The molecule has 3 rings (SSSR count). The summed E-state index contributed by atoms with van der Waals surface area (Å²) >= 11 is 0. The van der Waals surface area contributed by atoms with Crippen molar-refractivity contribution in [2.24, 2.45) is 11.8 Å². The fraction of sp³-hybridized carbons (Fsp3) is 0.500. The lowest BCUT2D eigenvalue weighted by molar-refractivity contribution is -0.152. The third-order valence-corrected chi connectivity index (χ3v) is 5.84. The topological polar surface area (TPSA) is 96.0 Å². The van der Waals surface area contributed by atoms with Crippen molar-refractivity contribution in [2.45, 2.75) is 25.4 Å². The maximum Gasteiger partial charge on any atom is 0.326 e. The van der Waals surface area contributed by atoms with Gasteiger partial charge in [0.15, 0.2) is 0 Å². The van der Waals surface area contributed by atoms with Crippen molar-refractivity contribution < 1.29 is 23.9 Å². The highest BCUT2D eigenvalue weighted by Gasteiger charge is 2.66. The highest BCUT2D eigenvalue weighted by molar-refractivity contribution is 6.09. The molecule has 0 bridgehead atoms. The van der Waals surface area contributed by atoms with Gasteiger partial charge in [-0.3, -0.25) is 29.4 Å². The number of amides is 3. The summed E-state index contributed by atoms with van der Waals surface area (Å²) in [6.45, 7) is 3.68. The highest BCUT2D eigenvalue weighted by Crippen LogP contribution is 2.43. The minimum Gasteiger partial charge on any atom is -0.468 e. The molecule has 1 N–H and O–H groups in total. The minimum atomic E-state index is -1.32. The summed E-state index contributed by atoms with van der Waals surface area (Å²) < 4.78 is 4.88. The molecular formula is C20H25N3O5. The Morgan fingerprint density at radius 3 is 2.39 bits per heavy atom. The van der Waals surface area contributed by atoms with Crippen LogP contribution in [0.2, 0.25) is 0 Å². The van der Waals surface area contributed by atoms with E-state index in [1.165, 1.54) is 19.1 Å². The van der Waals surface area contributed by atoms with E-state index in [2.05, 4.69) is 5.32 Å². The second-order valence-electron chi connectivity index (χ2n) is 7.74. The van der Waals surface area contributed by atoms with Crippen LogP contribution >= 0.6 is 0 Å². The van der Waals surface area contributed by atoms with Gasteiger partial charge in [0.25, 0.3) is 5.91 Å². The summed E-state index contributed by atoms with van der Waals surface area (Å²) in [6, 6.07) is 6.65. The molecule has 0 radical (unpaired) electrons. The van der Waals surface area contributed by atoms with Gasteiger partial charge in [-0.15, -0.1) is 0 Å². The van der Waals surface area contributed by atoms with Crippen molar-refractivity contribution in [1.29, 1.82) is 0 Å². The van der Waals surface area contributed by atoms with Gasteiger partial charge in [0.2, 0.25) is 11.8 Å². The van der Waals surface area contributed by atoms with Crippen LogP contribution in [-0.2, 0) is 19.1 Å². The van der Waals surface area contributed by atoms with Gasteiger partial charge in [0.1, 0.15) is 5.54 Å². The van der Waals surface area contributed by atoms with Gasteiger partial charge in [0, 0.05) is 32.2 Å². The molecule has 2 saturated heterocycles. The number of imide groups is 1. The van der Waals surface area contributed by atoms with E-state index in [-0.39, 0.29) is 18.4 Å². The zero-order valence-corrected chi connectivity index (χ0v) is 16.7. The Hall–Kier alpha value is -2.74. The number of carbonyl (C=O) groups excluding carboxylic acids is 4. The summed E-state index contributed by atoms with van der Waals surface area (Å²) in [6.07, 6.45) is 0. The third kappa shape index (κ3) is 2.97. The lowest BCUT2D eigenvalue weighted by atomic mass is 9.81. The molecule has 2 aliphatic heterocycles. The molecule has 0 spiro atoms. The first kappa shape index (κ1) is 20.0. The molecule has 2 fully saturated rings. The number of hydrogen-bond donors (Lipinski definition) is 1. The van der Waals surface area contributed by atoms with Crippen LogP contribution in [0, 0.1) is 18.8 Å². The number of carbonyl (C=O) groups is 4. The molecule has 0 saturated carbocycles. The van der Waals surface area contributed by atoms with Gasteiger partial charge in [-0.25, -0.2) is 0 Å². The smallest absolute Gasteiger partial charge is 0.326 e. The second kappa shape index (κ2) is 7.01. The van der Waals surface area contributed by atoms with Gasteiger partial charge in [-0.2, -0.15) is 0 Å². The third-order valence-electron chi connectivity index (χ3n) is 5.84. The Morgan fingerprint density at radius 2 is 1.82 bits per heavy atom. The van der Waals surface area contributed by atoms with E-state index in [0.29, 0.717) is 5.56 Å². The number of benzene rings is 1. The number of ether oxygens (including phenoxy) is 1. The second-order valence-corrected chi connectivity index (χ2v) is 7.74. The van der Waals surface area contributed by atoms with Gasteiger partial charge in [-0.05, 0) is 26.0 Å². The lowest BCUT2D eigenvalue weighted by Gasteiger charge is -2.29. The van der Waals surface area contributed by atoms with Gasteiger partial charge in [-0.1, -0.05) is 17.7 Å². The number of likely N-dealkylation sites (tertiary alicyclic amines) is 1. The predicted octanol–water partition coefficient (Wildman–Crippen LogP) is 0.202. The number of methoxy groups -OCH3 is 1. The molecule has 4 atom stereocenters. The minimum absolute atomic E-state index is 0.174. The van der Waals surface area contributed by atoms with Crippen molar-refractivity contribution in [1.82, 2.24) is 15.1 Å². The van der Waals surface area contributed by atoms with Crippen LogP contribution in [0.25, 0.3) is 0 Å². The predicted molar refractivity (Wildman–Crippen MR) is 100 cm³/mol. The number of nitrogens with zero attached hydrogens (tertiary/aromatic N) is 2. The molecule has 150 valence electrons. The number of rotatable bonds is 4. The molecule has 0 unspecified atom stereocenters. The Balaban J connectivity index is 1.86. The number of hydrogen-bond acceptors (Lipinski definition) is 6. The lowest BCUT2D eigenvalue weighted by Crippen LogP contribution is -2.56. The van der Waals surface area contributed by atoms with E-state index < -0.39 is 35.3 Å². The normalized spacial score (nSPS) is 29.0. The first-order valence-corrected chi connectivity index (χ1v) is 9.11. The molecule has 2 heterocycles. The summed E-state index contributed by atoms with van der Waals surface area (Å²) in [5, 5.41) is 3.11. The molecule has 28 heavy (non-hydrogen) atoms. The van der Waals surface area contributed by atoms with E-state index in [4.69, 9.17) is 4.74 Å². The van der Waals surface area contributed by atoms with Crippen molar-refractivity contribution >= 4 is 23.7 Å². The Bertz CT molecular complexity index is 837. The van der Waals surface area contributed by atoms with Crippen LogP contribution in [0.5, 0.6) is 0 Å². The molecule has 8 heteroatoms. The standard InChI is InChI=1S/C20H25N3O5/c1-11-6-8-12(9-7-11)16(24)22(3)10-13-14-15(18(26)23(4)17(14)25)20(2,21-13)19(27)28-5/h6-9,13-15,21H,10H2,1-5H3/t13-,14+,15-,20-/m1/s1. The fourth-order valence-corrected chi connectivity index (χ4v) is 4.26. The first-order chi connectivity index (χ1) is 13.1. The summed E-state index contributed by atoms with van der Waals surface area (Å²) in [4.78, 5) is 53.0. The molecule has 1 aromatic rings. The highest BCUT2D eigenvalue weighted by atomic mass is 16.5. The van der Waals surface area contributed by atoms with E-state index in [1.54, 1.807) is 26.1 Å². The van der Waals surface area contributed by atoms with E-state index in [0.717, 1.165) is 10.5 Å². The zero-order chi connectivity index (χ0) is 20.8. The Kier molecular flexibility index (Phi) is 5.01. The first-order valence-electron chi connectivity index (χ1n) is 9.11. The molecule has 0 aromatic heterocycles. The summed E-state index contributed by atoms with van der Waals surface area (Å²) in [5.74, 6) is -3.15. The number of likely N-dealkylation sites (N-methyl/N-ethyl adjacent to an activating group) is 1. The number of esters is 1. The van der Waals surface area contributed by atoms with Crippen LogP contribution in [-0.4, -0.2) is 72.8 Å². The van der Waals surface area contributed by atoms with Crippen LogP contribution in [0.1, 0.15) is 22.8 Å². The van der Waals surface area contributed by atoms with Crippen LogP contribution < -0.4 is 5.32 Å². The van der Waals surface area contributed by atoms with Crippen LogP contribution in [0.4, 0.5) is 0 Å². The van der Waals surface area contributed by atoms with Crippen molar-refractivity contribution in [2.75, 3.05) is 27.7 Å². The molecule has 2 aliphatic rings. The monoisotopic (exact) mass is 387 g/mol. The molecule has 0 aliphatic carbocycles. The van der Waals surface area contributed by atoms with E-state index in [9.17, 15) is 19.2 Å². The SMILES string of the molecule is COC(=O)[C@]1(C)N[C@H](CN(C)C(=O)c2ccc(C)cc2)[C@@H]2C(=O)N(C)C(=O)[C@@H]21. The average molecular weight is 387 g/mol. The zero-order valence-electron chi connectivity index (χ0n) is 16.7. The average Bonchev–Trinajstić information content (AvgIpc) is 3.10. The maximum absolute atomic E-state index is 12.7. The van der Waals surface area contributed by atoms with Crippen LogP contribution in [0.15, 0.2) is 24.3 Å². The summed E-state index contributed by atoms with van der Waals surface area (Å²) in [7, 11) is 4.30. The number of fused-ring (bicyclic) bond motifs is 1.